The number of rotatable bonds is 1. The van der Waals surface area contributed by atoms with Gasteiger partial charge in [0.1, 0.15) is 0 Å². The van der Waals surface area contributed by atoms with Gasteiger partial charge in [-0.1, -0.05) is 56.2 Å². The molecule has 0 N–H and O–H groups in total. The van der Waals surface area contributed by atoms with E-state index < -0.39 is 0 Å². The molecule has 0 spiro atoms. The largest absolute Gasteiger partial charge is 0.134 e. The lowest BCUT2D eigenvalue weighted by Crippen LogP contribution is -2.11. The average Bonchev–Trinajstić information content (AvgIpc) is 2.58. The van der Waals surface area contributed by atoms with Crippen molar-refractivity contribution in [3.8, 4) is 0 Å². The molecule has 0 aromatic heterocycles. The lowest BCUT2D eigenvalue weighted by atomic mass is 10.2. The van der Waals surface area contributed by atoms with E-state index in [0.29, 0.717) is 18.8 Å². The van der Waals surface area contributed by atoms with Crippen molar-refractivity contribution in [2.45, 2.75) is 18.8 Å². The van der Waals surface area contributed by atoms with Gasteiger partial charge in [-0.3, -0.25) is 0 Å². The summed E-state index contributed by atoms with van der Waals surface area (Å²) in [5.74, 6) is 0. The predicted molar refractivity (Wildman–Crippen MR) is 66.5 cm³/mol. The van der Waals surface area contributed by atoms with E-state index in [1.54, 1.807) is 0 Å². The summed E-state index contributed by atoms with van der Waals surface area (Å²) in [6.45, 7) is 0. The SMILES string of the molecule is BrC1C=CC(C2C=CC(Br)S2)S1. The van der Waals surface area contributed by atoms with Crippen molar-refractivity contribution in [2.75, 3.05) is 0 Å². The molecule has 0 nitrogen and oxygen atoms in total. The Morgan fingerprint density at radius 3 is 1.42 bits per heavy atom. The molecule has 0 aromatic rings. The monoisotopic (exact) mass is 326 g/mol. The average molecular weight is 328 g/mol. The van der Waals surface area contributed by atoms with E-state index in [1.807, 2.05) is 23.5 Å². The number of hydrogen-bond donors (Lipinski definition) is 0. The zero-order valence-electron chi connectivity index (χ0n) is 6.19. The lowest BCUT2D eigenvalue weighted by molar-refractivity contribution is 1.12. The number of alkyl halides is 2. The molecule has 2 aliphatic heterocycles. The summed E-state index contributed by atoms with van der Waals surface area (Å²) in [4.78, 5) is 0. The fourth-order valence-electron chi connectivity index (χ4n) is 1.25. The van der Waals surface area contributed by atoms with Crippen molar-refractivity contribution in [3.05, 3.63) is 24.3 Å². The first-order chi connectivity index (χ1) is 5.75. The van der Waals surface area contributed by atoms with Gasteiger partial charge in [0.05, 0.1) is 8.32 Å². The van der Waals surface area contributed by atoms with Gasteiger partial charge in [-0.2, -0.15) is 0 Å². The maximum Gasteiger partial charge on any atom is 0.0786 e. The van der Waals surface area contributed by atoms with Crippen molar-refractivity contribution in [2.24, 2.45) is 0 Å². The van der Waals surface area contributed by atoms with Gasteiger partial charge in [-0.15, -0.1) is 23.5 Å². The van der Waals surface area contributed by atoms with E-state index in [1.165, 1.54) is 0 Å². The topological polar surface area (TPSA) is 0 Å². The highest BCUT2D eigenvalue weighted by molar-refractivity contribution is 9.11. The smallest absolute Gasteiger partial charge is 0.0786 e. The van der Waals surface area contributed by atoms with E-state index in [2.05, 4.69) is 56.2 Å². The zero-order chi connectivity index (χ0) is 8.55. The number of hydrogen-bond acceptors (Lipinski definition) is 2. The van der Waals surface area contributed by atoms with Crippen molar-refractivity contribution in [1.82, 2.24) is 0 Å². The third-order valence-electron chi connectivity index (χ3n) is 1.80. The summed E-state index contributed by atoms with van der Waals surface area (Å²) in [7, 11) is 0. The Labute approximate surface area is 97.9 Å². The standard InChI is InChI=1S/C8H8Br2S2/c9-7-3-1-5(11-7)6-2-4-8(10)12-6/h1-8H. The molecule has 0 saturated carbocycles. The quantitative estimate of drug-likeness (QED) is 0.531. The molecule has 0 bridgehead atoms. The minimum Gasteiger partial charge on any atom is -0.134 e. The molecule has 0 saturated heterocycles. The lowest BCUT2D eigenvalue weighted by Gasteiger charge is -2.14. The van der Waals surface area contributed by atoms with Crippen LogP contribution in [0.3, 0.4) is 0 Å². The molecular weight excluding hydrogens is 320 g/mol. The molecule has 2 rings (SSSR count). The van der Waals surface area contributed by atoms with Gasteiger partial charge in [-0.25, -0.2) is 0 Å². The minimum absolute atomic E-state index is 0.519. The Morgan fingerprint density at radius 2 is 1.17 bits per heavy atom. The van der Waals surface area contributed by atoms with Crippen LogP contribution in [0.15, 0.2) is 24.3 Å². The summed E-state index contributed by atoms with van der Waals surface area (Å²) < 4.78 is 1.04. The van der Waals surface area contributed by atoms with Crippen LogP contribution in [0, 0.1) is 0 Å². The van der Waals surface area contributed by atoms with Crippen LogP contribution < -0.4 is 0 Å². The first kappa shape index (κ1) is 9.69. The Morgan fingerprint density at radius 1 is 0.750 bits per heavy atom. The Hall–Kier alpha value is 1.14. The molecule has 0 radical (unpaired) electrons. The molecule has 4 atom stereocenters. The fourth-order valence-corrected chi connectivity index (χ4v) is 5.30. The maximum absolute atomic E-state index is 3.57. The number of halogens is 2. The van der Waals surface area contributed by atoms with E-state index in [4.69, 9.17) is 0 Å². The molecule has 0 aliphatic carbocycles. The van der Waals surface area contributed by atoms with Crippen LogP contribution in [0.25, 0.3) is 0 Å². The van der Waals surface area contributed by atoms with Crippen LogP contribution >= 0.6 is 55.4 Å². The van der Waals surface area contributed by atoms with Gasteiger partial charge in [0.2, 0.25) is 0 Å². The Bertz CT molecular complexity index is 203. The van der Waals surface area contributed by atoms with Crippen LogP contribution in [0.1, 0.15) is 0 Å². The summed E-state index contributed by atoms with van der Waals surface area (Å²) in [6, 6.07) is 0. The minimum atomic E-state index is 0.519. The summed E-state index contributed by atoms with van der Waals surface area (Å²) in [5, 5.41) is 1.30. The van der Waals surface area contributed by atoms with Crippen molar-refractivity contribution >= 4 is 55.4 Å². The van der Waals surface area contributed by atoms with E-state index in [9.17, 15) is 0 Å². The third-order valence-corrected chi connectivity index (χ3v) is 6.24. The predicted octanol–water partition coefficient (Wildman–Crippen LogP) is 3.77. The van der Waals surface area contributed by atoms with Gasteiger partial charge in [-0.05, 0) is 0 Å². The second kappa shape index (κ2) is 4.11. The van der Waals surface area contributed by atoms with Crippen molar-refractivity contribution < 1.29 is 0 Å². The Kier molecular flexibility index (Phi) is 3.32. The highest BCUT2D eigenvalue weighted by Gasteiger charge is 2.28. The van der Waals surface area contributed by atoms with Gasteiger partial charge in [0.15, 0.2) is 0 Å². The van der Waals surface area contributed by atoms with Crippen molar-refractivity contribution in [1.29, 1.82) is 0 Å². The highest BCUT2D eigenvalue weighted by atomic mass is 79.9. The molecule has 0 aromatic carbocycles. The first-order valence-electron chi connectivity index (χ1n) is 3.71. The molecule has 0 amide bonds. The molecule has 2 heterocycles. The third kappa shape index (κ3) is 2.14. The van der Waals surface area contributed by atoms with E-state index in [-0.39, 0.29) is 0 Å². The highest BCUT2D eigenvalue weighted by Crippen LogP contribution is 2.42. The first-order valence-corrected chi connectivity index (χ1v) is 7.43. The zero-order valence-corrected chi connectivity index (χ0v) is 11.0. The molecule has 2 aliphatic rings. The fraction of sp³-hybridized carbons (Fsp3) is 0.500. The van der Waals surface area contributed by atoms with Gasteiger partial charge >= 0.3 is 0 Å². The molecule has 66 valence electrons. The van der Waals surface area contributed by atoms with Crippen LogP contribution in [-0.4, -0.2) is 18.8 Å². The molecular formula is C8H8Br2S2. The van der Waals surface area contributed by atoms with Crippen LogP contribution in [0.4, 0.5) is 0 Å². The maximum atomic E-state index is 3.57. The summed E-state index contributed by atoms with van der Waals surface area (Å²) >= 11 is 11.1. The Balaban J connectivity index is 1.95. The molecule has 0 fully saturated rings. The van der Waals surface area contributed by atoms with Crippen LogP contribution in [-0.2, 0) is 0 Å². The van der Waals surface area contributed by atoms with Gasteiger partial charge in [0.25, 0.3) is 0 Å². The molecule has 12 heavy (non-hydrogen) atoms. The van der Waals surface area contributed by atoms with Gasteiger partial charge < -0.3 is 0 Å². The second-order valence-electron chi connectivity index (χ2n) is 2.67. The van der Waals surface area contributed by atoms with Gasteiger partial charge in [0, 0.05) is 10.5 Å². The molecule has 4 heteroatoms. The summed E-state index contributed by atoms with van der Waals surface area (Å²) in [6.07, 6.45) is 9.06. The van der Waals surface area contributed by atoms with E-state index >= 15 is 0 Å². The summed E-state index contributed by atoms with van der Waals surface area (Å²) in [5.41, 5.74) is 0. The number of thioether (sulfide) groups is 2. The van der Waals surface area contributed by atoms with E-state index in [0.717, 1.165) is 0 Å². The normalized spacial score (nSPS) is 45.8. The van der Waals surface area contributed by atoms with Crippen LogP contribution in [0.2, 0.25) is 0 Å². The second-order valence-corrected chi connectivity index (χ2v) is 8.51. The van der Waals surface area contributed by atoms with Crippen LogP contribution in [0.5, 0.6) is 0 Å². The van der Waals surface area contributed by atoms with Crippen molar-refractivity contribution in [3.63, 3.8) is 0 Å². The molecule has 4 unspecified atom stereocenters.